The highest BCUT2D eigenvalue weighted by molar-refractivity contribution is 5.89. The van der Waals surface area contributed by atoms with Gasteiger partial charge in [-0.3, -0.25) is 4.79 Å². The Bertz CT molecular complexity index is 830. The van der Waals surface area contributed by atoms with Crippen LogP contribution in [0.4, 0.5) is 23.7 Å². The topological polar surface area (TPSA) is 74.0 Å². The lowest BCUT2D eigenvalue weighted by Crippen LogP contribution is -2.33. The molecule has 8 heteroatoms. The lowest BCUT2D eigenvalue weighted by atomic mass is 10.1. The first-order valence-electron chi connectivity index (χ1n) is 7.30. The van der Waals surface area contributed by atoms with Gasteiger partial charge in [-0.25, -0.2) is 4.79 Å². The number of rotatable bonds is 2. The van der Waals surface area contributed by atoms with E-state index in [0.29, 0.717) is 18.7 Å². The summed E-state index contributed by atoms with van der Waals surface area (Å²) in [6.07, 6.45) is -2.53. The van der Waals surface area contributed by atoms with Gasteiger partial charge in [0.25, 0.3) is 5.56 Å². The number of nitrogens with one attached hydrogen (secondary N) is 3. The molecule has 1 aromatic carbocycles. The molecular weight excluding hydrogens is 323 g/mol. The SMILES string of the molecule is O=C(Nc1cc(C(F)(F)F)c[nH]c1=O)N[C@@H]1CCc2ccccc21. The van der Waals surface area contributed by atoms with Crippen molar-refractivity contribution in [2.45, 2.75) is 25.1 Å². The molecule has 0 aliphatic heterocycles. The summed E-state index contributed by atoms with van der Waals surface area (Å²) >= 11 is 0. The molecule has 0 unspecified atom stereocenters. The lowest BCUT2D eigenvalue weighted by Gasteiger charge is -2.15. The Morgan fingerprint density at radius 2 is 2.00 bits per heavy atom. The van der Waals surface area contributed by atoms with Crippen LogP contribution in [0.5, 0.6) is 0 Å². The second-order valence-corrected chi connectivity index (χ2v) is 5.52. The Hall–Kier alpha value is -2.77. The fourth-order valence-electron chi connectivity index (χ4n) is 2.76. The Kier molecular flexibility index (Phi) is 4.04. The molecule has 0 saturated carbocycles. The fraction of sp³-hybridized carbons (Fsp3) is 0.250. The Balaban J connectivity index is 1.73. The fourth-order valence-corrected chi connectivity index (χ4v) is 2.76. The predicted molar refractivity (Wildman–Crippen MR) is 81.7 cm³/mol. The van der Waals surface area contributed by atoms with Crippen molar-refractivity contribution in [2.24, 2.45) is 0 Å². The molecule has 0 bridgehead atoms. The number of benzene rings is 1. The number of amides is 2. The highest BCUT2D eigenvalue weighted by Crippen LogP contribution is 2.31. The van der Waals surface area contributed by atoms with E-state index in [2.05, 4.69) is 10.6 Å². The van der Waals surface area contributed by atoms with Gasteiger partial charge in [-0.15, -0.1) is 0 Å². The van der Waals surface area contributed by atoms with Crippen molar-refractivity contribution in [3.05, 3.63) is 63.6 Å². The van der Waals surface area contributed by atoms with Gasteiger partial charge in [-0.05, 0) is 30.0 Å². The maximum absolute atomic E-state index is 12.7. The predicted octanol–water partition coefficient (Wildman–Crippen LogP) is 3.20. The summed E-state index contributed by atoms with van der Waals surface area (Å²) in [7, 11) is 0. The van der Waals surface area contributed by atoms with Gasteiger partial charge in [0.05, 0.1) is 11.6 Å². The molecule has 1 aliphatic carbocycles. The van der Waals surface area contributed by atoms with E-state index in [-0.39, 0.29) is 6.04 Å². The van der Waals surface area contributed by atoms with Crippen LogP contribution in [0.1, 0.15) is 29.2 Å². The minimum atomic E-state index is -4.61. The number of aryl methyl sites for hydroxylation is 1. The van der Waals surface area contributed by atoms with E-state index in [1.807, 2.05) is 29.2 Å². The number of carbonyl (C=O) groups is 1. The van der Waals surface area contributed by atoms with Crippen molar-refractivity contribution in [1.82, 2.24) is 10.3 Å². The third kappa shape index (κ3) is 3.27. The van der Waals surface area contributed by atoms with Crippen LogP contribution in [0.3, 0.4) is 0 Å². The van der Waals surface area contributed by atoms with Crippen molar-refractivity contribution < 1.29 is 18.0 Å². The summed E-state index contributed by atoms with van der Waals surface area (Å²) in [5, 5.41) is 4.87. The first kappa shape index (κ1) is 16.1. The second-order valence-electron chi connectivity index (χ2n) is 5.52. The summed E-state index contributed by atoms with van der Waals surface area (Å²) in [6.45, 7) is 0. The number of hydrogen-bond acceptors (Lipinski definition) is 2. The summed E-state index contributed by atoms with van der Waals surface area (Å²) in [6, 6.07) is 7.28. The molecule has 0 spiro atoms. The van der Waals surface area contributed by atoms with Crippen molar-refractivity contribution >= 4 is 11.7 Å². The van der Waals surface area contributed by atoms with E-state index >= 15 is 0 Å². The molecule has 3 N–H and O–H groups in total. The monoisotopic (exact) mass is 337 g/mol. The second kappa shape index (κ2) is 6.03. The van der Waals surface area contributed by atoms with Gasteiger partial charge in [-0.2, -0.15) is 13.2 Å². The third-order valence-corrected chi connectivity index (χ3v) is 3.92. The van der Waals surface area contributed by atoms with Crippen molar-refractivity contribution in [2.75, 3.05) is 5.32 Å². The molecule has 5 nitrogen and oxygen atoms in total. The molecule has 1 heterocycles. The number of H-pyrrole nitrogens is 1. The number of pyridine rings is 1. The zero-order valence-electron chi connectivity index (χ0n) is 12.4. The van der Waals surface area contributed by atoms with Crippen LogP contribution in [-0.4, -0.2) is 11.0 Å². The van der Waals surface area contributed by atoms with E-state index in [1.165, 1.54) is 0 Å². The molecule has 3 rings (SSSR count). The summed E-state index contributed by atoms with van der Waals surface area (Å²) in [5.74, 6) is 0. The van der Waals surface area contributed by atoms with Crippen LogP contribution in [-0.2, 0) is 12.6 Å². The molecule has 24 heavy (non-hydrogen) atoms. The number of halogens is 3. The zero-order chi connectivity index (χ0) is 17.3. The smallest absolute Gasteiger partial charge is 0.331 e. The number of alkyl halides is 3. The number of urea groups is 1. The van der Waals surface area contributed by atoms with Gasteiger partial charge in [0.2, 0.25) is 0 Å². The highest BCUT2D eigenvalue weighted by atomic mass is 19.4. The molecule has 126 valence electrons. The Morgan fingerprint density at radius 1 is 1.25 bits per heavy atom. The average Bonchev–Trinajstić information content (AvgIpc) is 2.91. The molecular formula is C16H14F3N3O2. The van der Waals surface area contributed by atoms with Crippen LogP contribution in [0.25, 0.3) is 0 Å². The molecule has 2 aromatic rings. The standard InChI is InChI=1S/C16H14F3N3O2/c17-16(18,19)10-7-13(14(23)20-8-10)22-15(24)21-12-6-5-9-3-1-2-4-11(9)12/h1-4,7-8,12H,5-6H2,(H,20,23)(H2,21,22,24)/t12-/m1/s1. The van der Waals surface area contributed by atoms with Crippen molar-refractivity contribution in [1.29, 1.82) is 0 Å². The number of aromatic amines is 1. The van der Waals surface area contributed by atoms with Crippen LogP contribution in [0.15, 0.2) is 41.3 Å². The van der Waals surface area contributed by atoms with Gasteiger partial charge < -0.3 is 15.6 Å². The first-order valence-corrected chi connectivity index (χ1v) is 7.30. The van der Waals surface area contributed by atoms with Crippen molar-refractivity contribution in [3.8, 4) is 0 Å². The number of anilines is 1. The van der Waals surface area contributed by atoms with Gasteiger partial charge in [0.1, 0.15) is 5.69 Å². The highest BCUT2D eigenvalue weighted by Gasteiger charge is 2.31. The van der Waals surface area contributed by atoms with Gasteiger partial charge >= 0.3 is 12.2 Å². The van der Waals surface area contributed by atoms with Crippen LogP contribution < -0.4 is 16.2 Å². The van der Waals surface area contributed by atoms with E-state index < -0.39 is 29.0 Å². The van der Waals surface area contributed by atoms with Gasteiger partial charge in [-0.1, -0.05) is 24.3 Å². The van der Waals surface area contributed by atoms with E-state index in [1.54, 1.807) is 0 Å². The van der Waals surface area contributed by atoms with Crippen LogP contribution in [0, 0.1) is 0 Å². The number of hydrogen-bond donors (Lipinski definition) is 3. The van der Waals surface area contributed by atoms with Gasteiger partial charge in [0.15, 0.2) is 0 Å². The summed E-state index contributed by atoms with van der Waals surface area (Å²) in [5.41, 5.74) is -0.187. The van der Waals surface area contributed by atoms with Gasteiger partial charge in [0, 0.05) is 6.20 Å². The van der Waals surface area contributed by atoms with Crippen LogP contribution in [0.2, 0.25) is 0 Å². The first-order chi connectivity index (χ1) is 11.3. The third-order valence-electron chi connectivity index (χ3n) is 3.92. The van der Waals surface area contributed by atoms with E-state index in [4.69, 9.17) is 0 Å². The normalized spacial score (nSPS) is 16.5. The minimum absolute atomic E-state index is 0.230. The van der Waals surface area contributed by atoms with E-state index in [0.717, 1.165) is 17.5 Å². The summed E-state index contributed by atoms with van der Waals surface area (Å²) < 4.78 is 38.0. The largest absolute Gasteiger partial charge is 0.417 e. The zero-order valence-corrected chi connectivity index (χ0v) is 12.4. The molecule has 1 aromatic heterocycles. The molecule has 0 radical (unpaired) electrons. The molecule has 0 saturated heterocycles. The minimum Gasteiger partial charge on any atom is -0.331 e. The lowest BCUT2D eigenvalue weighted by molar-refractivity contribution is -0.137. The van der Waals surface area contributed by atoms with Crippen LogP contribution >= 0.6 is 0 Å². The van der Waals surface area contributed by atoms with E-state index in [9.17, 15) is 22.8 Å². The Labute approximate surface area is 134 Å². The molecule has 0 fully saturated rings. The number of aromatic nitrogens is 1. The Morgan fingerprint density at radius 3 is 2.75 bits per heavy atom. The molecule has 2 amide bonds. The average molecular weight is 337 g/mol. The summed E-state index contributed by atoms with van der Waals surface area (Å²) in [4.78, 5) is 25.6. The maximum atomic E-state index is 12.7. The molecule has 1 aliphatic rings. The van der Waals surface area contributed by atoms with Crippen molar-refractivity contribution in [3.63, 3.8) is 0 Å². The quantitative estimate of drug-likeness (QED) is 0.787. The maximum Gasteiger partial charge on any atom is 0.417 e. The number of fused-ring (bicyclic) bond motifs is 1. The molecule has 1 atom stereocenters. The number of carbonyl (C=O) groups excluding carboxylic acids is 1.